The Balaban J connectivity index is 1.63. The number of rotatable bonds is 4. The van der Waals surface area contributed by atoms with Crippen molar-refractivity contribution in [2.75, 3.05) is 25.5 Å². The topological polar surface area (TPSA) is 50.4 Å². The minimum absolute atomic E-state index is 0.0785. The molecule has 1 saturated carbocycles. The Hall–Kier alpha value is -1.55. The molecule has 1 heterocycles. The Kier molecular flexibility index (Phi) is 3.19. The molecule has 1 aliphatic carbocycles. The lowest BCUT2D eigenvalue weighted by atomic mass is 9.80. The lowest BCUT2D eigenvalue weighted by molar-refractivity contribution is -0.125. The van der Waals surface area contributed by atoms with Crippen LogP contribution in [0.25, 0.3) is 0 Å². The van der Waals surface area contributed by atoms with Crippen LogP contribution in [0.15, 0.2) is 24.3 Å². The first-order valence-electron chi connectivity index (χ1n) is 6.90. The number of carbonyl (C=O) groups excluding carboxylic acids is 1. The van der Waals surface area contributed by atoms with Gasteiger partial charge in [-0.2, -0.15) is 0 Å². The zero-order valence-electron chi connectivity index (χ0n) is 11.2. The third-order valence-electron chi connectivity index (χ3n) is 4.43. The molecule has 4 heteroatoms. The van der Waals surface area contributed by atoms with Crippen LogP contribution in [0.5, 0.6) is 0 Å². The first kappa shape index (κ1) is 12.5. The molecule has 2 N–H and O–H groups in total. The van der Waals surface area contributed by atoms with E-state index in [-0.39, 0.29) is 17.4 Å². The van der Waals surface area contributed by atoms with E-state index in [1.54, 1.807) is 7.11 Å². The quantitative estimate of drug-likeness (QED) is 0.869. The van der Waals surface area contributed by atoms with Crippen LogP contribution in [0, 0.1) is 0 Å². The molecule has 1 aromatic rings. The summed E-state index contributed by atoms with van der Waals surface area (Å²) in [7, 11) is 1.73. The number of fused-ring (bicyclic) bond motifs is 1. The second kappa shape index (κ2) is 4.85. The monoisotopic (exact) mass is 260 g/mol. The Labute approximate surface area is 113 Å². The smallest absolute Gasteiger partial charge is 0.229 e. The molecule has 1 unspecified atom stereocenters. The van der Waals surface area contributed by atoms with Gasteiger partial charge in [-0.05, 0) is 30.9 Å². The van der Waals surface area contributed by atoms with Crippen LogP contribution >= 0.6 is 0 Å². The van der Waals surface area contributed by atoms with E-state index in [1.165, 1.54) is 6.42 Å². The zero-order chi connectivity index (χ0) is 13.3. The highest BCUT2D eigenvalue weighted by Crippen LogP contribution is 2.35. The number of methoxy groups -OCH3 is 1. The van der Waals surface area contributed by atoms with Gasteiger partial charge in [0.25, 0.3) is 0 Å². The maximum absolute atomic E-state index is 12.3. The third kappa shape index (κ3) is 2.21. The molecule has 1 aromatic carbocycles. The van der Waals surface area contributed by atoms with Gasteiger partial charge in [-0.3, -0.25) is 4.79 Å². The predicted molar refractivity (Wildman–Crippen MR) is 74.3 cm³/mol. The Morgan fingerprint density at radius 1 is 1.47 bits per heavy atom. The SMILES string of the molecule is COC1(CNC(=O)C2CNc3ccccc32)CCC1. The molecule has 0 radical (unpaired) electrons. The second-order valence-corrected chi connectivity index (χ2v) is 5.48. The molecule has 0 bridgehead atoms. The fourth-order valence-electron chi connectivity index (χ4n) is 2.91. The highest BCUT2D eigenvalue weighted by atomic mass is 16.5. The van der Waals surface area contributed by atoms with Crippen molar-refractivity contribution in [2.45, 2.75) is 30.8 Å². The molecular formula is C15H20N2O2. The van der Waals surface area contributed by atoms with E-state index < -0.39 is 0 Å². The molecule has 1 amide bonds. The van der Waals surface area contributed by atoms with Crippen molar-refractivity contribution in [1.82, 2.24) is 5.32 Å². The Morgan fingerprint density at radius 3 is 2.95 bits per heavy atom. The molecule has 19 heavy (non-hydrogen) atoms. The summed E-state index contributed by atoms with van der Waals surface area (Å²) in [4.78, 5) is 12.3. The number of anilines is 1. The van der Waals surface area contributed by atoms with Crippen molar-refractivity contribution in [3.8, 4) is 0 Å². The zero-order valence-corrected chi connectivity index (χ0v) is 11.2. The van der Waals surface area contributed by atoms with E-state index in [0.717, 1.165) is 24.1 Å². The van der Waals surface area contributed by atoms with E-state index in [0.29, 0.717) is 13.1 Å². The highest BCUT2D eigenvalue weighted by Gasteiger charge is 2.38. The summed E-state index contributed by atoms with van der Waals surface area (Å²) in [5, 5.41) is 6.33. The average molecular weight is 260 g/mol. The number of benzene rings is 1. The minimum atomic E-state index is -0.110. The highest BCUT2D eigenvalue weighted by molar-refractivity contribution is 5.88. The van der Waals surface area contributed by atoms with Gasteiger partial charge < -0.3 is 15.4 Å². The minimum Gasteiger partial charge on any atom is -0.384 e. The van der Waals surface area contributed by atoms with Gasteiger partial charge >= 0.3 is 0 Å². The van der Waals surface area contributed by atoms with E-state index >= 15 is 0 Å². The van der Waals surface area contributed by atoms with Gasteiger partial charge in [0.2, 0.25) is 5.91 Å². The number of para-hydroxylation sites is 1. The number of hydrogen-bond donors (Lipinski definition) is 2. The lowest BCUT2D eigenvalue weighted by Gasteiger charge is -2.40. The van der Waals surface area contributed by atoms with Gasteiger partial charge in [-0.25, -0.2) is 0 Å². The van der Waals surface area contributed by atoms with Crippen molar-refractivity contribution in [3.63, 3.8) is 0 Å². The number of carbonyl (C=O) groups is 1. The van der Waals surface area contributed by atoms with E-state index in [1.807, 2.05) is 24.3 Å². The standard InChI is InChI=1S/C15H20N2O2/c1-19-15(7-4-8-15)10-17-14(18)12-9-16-13-6-3-2-5-11(12)13/h2-3,5-6,12,16H,4,7-10H2,1H3,(H,17,18). The fraction of sp³-hybridized carbons (Fsp3) is 0.533. The molecule has 0 spiro atoms. The summed E-state index contributed by atoms with van der Waals surface area (Å²) in [6.45, 7) is 1.31. The number of ether oxygens (including phenoxy) is 1. The normalized spacial score (nSPS) is 23.1. The summed E-state index contributed by atoms with van der Waals surface area (Å²) in [5.74, 6) is 0.0194. The summed E-state index contributed by atoms with van der Waals surface area (Å²) >= 11 is 0. The Morgan fingerprint density at radius 2 is 2.26 bits per heavy atom. The maximum atomic E-state index is 12.3. The van der Waals surface area contributed by atoms with Gasteiger partial charge in [0.1, 0.15) is 0 Å². The van der Waals surface area contributed by atoms with Crippen molar-refractivity contribution < 1.29 is 9.53 Å². The van der Waals surface area contributed by atoms with Gasteiger partial charge in [-0.1, -0.05) is 18.2 Å². The van der Waals surface area contributed by atoms with Crippen LogP contribution in [0.1, 0.15) is 30.7 Å². The van der Waals surface area contributed by atoms with E-state index in [2.05, 4.69) is 10.6 Å². The molecule has 0 saturated heterocycles. The van der Waals surface area contributed by atoms with Crippen LogP contribution < -0.4 is 10.6 Å². The van der Waals surface area contributed by atoms with Crippen LogP contribution in [0.2, 0.25) is 0 Å². The van der Waals surface area contributed by atoms with Crippen LogP contribution in [0.4, 0.5) is 5.69 Å². The summed E-state index contributed by atoms with van der Waals surface area (Å²) in [6, 6.07) is 8.01. The number of amides is 1. The van der Waals surface area contributed by atoms with Gasteiger partial charge in [-0.15, -0.1) is 0 Å². The maximum Gasteiger partial charge on any atom is 0.229 e. The molecule has 2 aliphatic rings. The number of nitrogens with one attached hydrogen (secondary N) is 2. The largest absolute Gasteiger partial charge is 0.384 e. The first-order valence-corrected chi connectivity index (χ1v) is 6.90. The molecule has 102 valence electrons. The molecule has 1 fully saturated rings. The molecular weight excluding hydrogens is 240 g/mol. The van der Waals surface area contributed by atoms with E-state index in [9.17, 15) is 4.79 Å². The summed E-state index contributed by atoms with van der Waals surface area (Å²) in [6.07, 6.45) is 3.28. The summed E-state index contributed by atoms with van der Waals surface area (Å²) in [5.41, 5.74) is 2.06. The van der Waals surface area contributed by atoms with Crippen LogP contribution in [-0.4, -0.2) is 31.7 Å². The van der Waals surface area contributed by atoms with Crippen LogP contribution in [0.3, 0.4) is 0 Å². The lowest BCUT2D eigenvalue weighted by Crippen LogP contribution is -2.50. The molecule has 4 nitrogen and oxygen atoms in total. The average Bonchev–Trinajstić information content (AvgIpc) is 2.81. The Bertz CT molecular complexity index is 477. The summed E-state index contributed by atoms with van der Waals surface area (Å²) < 4.78 is 5.53. The van der Waals surface area contributed by atoms with Crippen molar-refractivity contribution >= 4 is 11.6 Å². The molecule has 1 atom stereocenters. The fourth-order valence-corrected chi connectivity index (χ4v) is 2.91. The van der Waals surface area contributed by atoms with Crippen molar-refractivity contribution in [3.05, 3.63) is 29.8 Å². The third-order valence-corrected chi connectivity index (χ3v) is 4.43. The predicted octanol–water partition coefficient (Wildman–Crippen LogP) is 1.88. The van der Waals surface area contributed by atoms with Crippen molar-refractivity contribution in [1.29, 1.82) is 0 Å². The van der Waals surface area contributed by atoms with Gasteiger partial charge in [0, 0.05) is 25.9 Å². The molecule has 0 aromatic heterocycles. The van der Waals surface area contributed by atoms with Gasteiger partial charge in [0.05, 0.1) is 11.5 Å². The van der Waals surface area contributed by atoms with E-state index in [4.69, 9.17) is 4.74 Å². The van der Waals surface area contributed by atoms with Crippen LogP contribution in [-0.2, 0) is 9.53 Å². The first-order chi connectivity index (χ1) is 9.24. The second-order valence-electron chi connectivity index (χ2n) is 5.48. The molecule has 1 aliphatic heterocycles. The number of hydrogen-bond acceptors (Lipinski definition) is 3. The molecule has 3 rings (SSSR count). The van der Waals surface area contributed by atoms with Gasteiger partial charge in [0.15, 0.2) is 0 Å². The van der Waals surface area contributed by atoms with Crippen molar-refractivity contribution in [2.24, 2.45) is 0 Å².